The number of aliphatic hydroxyl groups excluding tert-OH is 1. The molecular formula is C13H18BrNO5S. The summed E-state index contributed by atoms with van der Waals surface area (Å²) < 4.78 is 27.5. The normalized spacial score (nSPS) is 13.1. The third-order valence-corrected chi connectivity index (χ3v) is 5.47. The summed E-state index contributed by atoms with van der Waals surface area (Å²) in [6.45, 7) is 3.27. The molecule has 0 radical (unpaired) electrons. The highest BCUT2D eigenvalue weighted by Gasteiger charge is 2.22. The molecule has 118 valence electrons. The average molecular weight is 380 g/mol. The third kappa shape index (κ3) is 4.50. The Morgan fingerprint density at radius 3 is 2.52 bits per heavy atom. The number of carbonyl (C=O) groups is 1. The molecule has 0 bridgehead atoms. The third-order valence-electron chi connectivity index (χ3n) is 3.15. The van der Waals surface area contributed by atoms with Crippen molar-refractivity contribution in [1.82, 2.24) is 4.72 Å². The Morgan fingerprint density at radius 1 is 1.43 bits per heavy atom. The maximum Gasteiger partial charge on any atom is 0.336 e. The molecule has 0 saturated heterocycles. The van der Waals surface area contributed by atoms with Crippen LogP contribution in [0.4, 0.5) is 0 Å². The van der Waals surface area contributed by atoms with Crippen LogP contribution in [0.1, 0.15) is 35.7 Å². The number of nitrogens with one attached hydrogen (secondary N) is 1. The molecule has 1 unspecified atom stereocenters. The Kier molecular flexibility index (Phi) is 6.33. The number of carboxylic acid groups (broad SMARTS) is 1. The lowest BCUT2D eigenvalue weighted by atomic mass is 10.1. The van der Waals surface area contributed by atoms with Crippen molar-refractivity contribution < 1.29 is 23.4 Å². The van der Waals surface area contributed by atoms with Crippen molar-refractivity contribution in [3.05, 3.63) is 27.7 Å². The van der Waals surface area contributed by atoms with Gasteiger partial charge in [0, 0.05) is 17.1 Å². The fourth-order valence-corrected chi connectivity index (χ4v) is 3.84. The largest absolute Gasteiger partial charge is 0.478 e. The predicted molar refractivity (Wildman–Crippen MR) is 81.9 cm³/mol. The average Bonchev–Trinajstić information content (AvgIpc) is 2.40. The fraction of sp³-hybridized carbons (Fsp3) is 0.462. The molecular weight excluding hydrogens is 362 g/mol. The molecule has 1 aromatic rings. The topological polar surface area (TPSA) is 104 Å². The Morgan fingerprint density at radius 2 is 2.05 bits per heavy atom. The van der Waals surface area contributed by atoms with Gasteiger partial charge in [-0.3, -0.25) is 0 Å². The van der Waals surface area contributed by atoms with Gasteiger partial charge in [-0.1, -0.05) is 22.9 Å². The molecule has 0 aromatic heterocycles. The quantitative estimate of drug-likeness (QED) is 0.670. The van der Waals surface area contributed by atoms with Crippen molar-refractivity contribution in [2.75, 3.05) is 6.61 Å². The number of hydrogen-bond donors (Lipinski definition) is 3. The Balaban J connectivity index is 3.23. The first-order valence-corrected chi connectivity index (χ1v) is 8.67. The summed E-state index contributed by atoms with van der Waals surface area (Å²) in [6, 6.07) is 2.11. The summed E-state index contributed by atoms with van der Waals surface area (Å²) in [5.41, 5.74) is 0.392. The lowest BCUT2D eigenvalue weighted by molar-refractivity contribution is 0.0695. The van der Waals surface area contributed by atoms with Crippen LogP contribution in [0, 0.1) is 6.92 Å². The van der Waals surface area contributed by atoms with E-state index < -0.39 is 22.0 Å². The van der Waals surface area contributed by atoms with Gasteiger partial charge in [-0.2, -0.15) is 0 Å². The van der Waals surface area contributed by atoms with Gasteiger partial charge in [0.05, 0.1) is 10.5 Å². The molecule has 1 aromatic carbocycles. The SMILES string of the molecule is CCC(CCO)NS(=O)(=O)c1cc(Br)c(C)c(C(=O)O)c1. The van der Waals surface area contributed by atoms with Gasteiger partial charge in [0.15, 0.2) is 0 Å². The molecule has 0 fully saturated rings. The van der Waals surface area contributed by atoms with E-state index in [0.717, 1.165) is 6.07 Å². The second-order valence-corrected chi connectivity index (χ2v) is 7.19. The minimum atomic E-state index is -3.84. The van der Waals surface area contributed by atoms with Crippen molar-refractivity contribution in [3.8, 4) is 0 Å². The van der Waals surface area contributed by atoms with Crippen LogP contribution in [0.25, 0.3) is 0 Å². The van der Waals surface area contributed by atoms with Crippen molar-refractivity contribution in [1.29, 1.82) is 0 Å². The van der Waals surface area contributed by atoms with E-state index in [-0.39, 0.29) is 17.1 Å². The molecule has 0 aliphatic carbocycles. The molecule has 21 heavy (non-hydrogen) atoms. The lowest BCUT2D eigenvalue weighted by Gasteiger charge is -2.17. The zero-order valence-corrected chi connectivity index (χ0v) is 14.2. The van der Waals surface area contributed by atoms with Gasteiger partial charge in [0.2, 0.25) is 10.0 Å². The van der Waals surface area contributed by atoms with Crippen molar-refractivity contribution in [3.63, 3.8) is 0 Å². The number of carboxylic acids is 1. The van der Waals surface area contributed by atoms with Crippen LogP contribution in [0.3, 0.4) is 0 Å². The van der Waals surface area contributed by atoms with Crippen LogP contribution in [0.2, 0.25) is 0 Å². The molecule has 0 aliphatic rings. The lowest BCUT2D eigenvalue weighted by Crippen LogP contribution is -2.35. The Hall–Kier alpha value is -0.960. The van der Waals surface area contributed by atoms with E-state index in [0.29, 0.717) is 22.9 Å². The summed E-state index contributed by atoms with van der Waals surface area (Å²) in [6.07, 6.45) is 0.827. The van der Waals surface area contributed by atoms with Crippen molar-refractivity contribution in [2.45, 2.75) is 37.6 Å². The van der Waals surface area contributed by atoms with Gasteiger partial charge in [0.25, 0.3) is 0 Å². The molecule has 0 spiro atoms. The van der Waals surface area contributed by atoms with E-state index in [2.05, 4.69) is 20.7 Å². The maximum atomic E-state index is 12.3. The van der Waals surface area contributed by atoms with Gasteiger partial charge in [0.1, 0.15) is 0 Å². The first-order chi connectivity index (χ1) is 9.72. The minimum absolute atomic E-state index is 0.0695. The van der Waals surface area contributed by atoms with Gasteiger partial charge in [-0.15, -0.1) is 0 Å². The Bertz CT molecular complexity index is 630. The summed E-state index contributed by atoms with van der Waals surface area (Å²) in [7, 11) is -3.84. The van der Waals surface area contributed by atoms with E-state index in [4.69, 9.17) is 10.2 Å². The summed E-state index contributed by atoms with van der Waals surface area (Å²) in [5.74, 6) is -1.19. The van der Waals surface area contributed by atoms with Crippen LogP contribution in [0.5, 0.6) is 0 Å². The molecule has 1 atom stereocenters. The van der Waals surface area contributed by atoms with E-state index in [1.165, 1.54) is 6.07 Å². The number of hydrogen-bond acceptors (Lipinski definition) is 4. The number of sulfonamides is 1. The highest BCUT2D eigenvalue weighted by atomic mass is 79.9. The van der Waals surface area contributed by atoms with Crippen LogP contribution in [0.15, 0.2) is 21.5 Å². The molecule has 3 N–H and O–H groups in total. The molecule has 0 saturated carbocycles. The standard InChI is InChI=1S/C13H18BrNO5S/c1-3-9(4-5-16)15-21(19,20)10-6-11(13(17)18)8(2)12(14)7-10/h6-7,9,15-16H,3-5H2,1-2H3,(H,17,18). The number of benzene rings is 1. The summed E-state index contributed by atoms with van der Waals surface area (Å²) in [5, 5.41) is 18.0. The number of aliphatic hydroxyl groups is 1. The van der Waals surface area contributed by atoms with Crippen LogP contribution in [-0.4, -0.2) is 37.2 Å². The van der Waals surface area contributed by atoms with Crippen LogP contribution in [-0.2, 0) is 10.0 Å². The highest BCUT2D eigenvalue weighted by molar-refractivity contribution is 9.10. The molecule has 0 amide bonds. The minimum Gasteiger partial charge on any atom is -0.478 e. The Labute approximate surface area is 132 Å². The summed E-state index contributed by atoms with van der Waals surface area (Å²) in [4.78, 5) is 11.0. The monoisotopic (exact) mass is 379 g/mol. The fourth-order valence-electron chi connectivity index (χ4n) is 1.82. The van der Waals surface area contributed by atoms with Gasteiger partial charge < -0.3 is 10.2 Å². The number of halogens is 1. The van der Waals surface area contributed by atoms with Crippen molar-refractivity contribution in [2.24, 2.45) is 0 Å². The molecule has 0 heterocycles. The first-order valence-electron chi connectivity index (χ1n) is 6.39. The second-order valence-electron chi connectivity index (χ2n) is 4.62. The van der Waals surface area contributed by atoms with Crippen molar-refractivity contribution >= 4 is 31.9 Å². The second kappa shape index (κ2) is 7.35. The molecule has 1 rings (SSSR count). The zero-order chi connectivity index (χ0) is 16.2. The highest BCUT2D eigenvalue weighted by Crippen LogP contribution is 2.25. The van der Waals surface area contributed by atoms with Crippen LogP contribution < -0.4 is 4.72 Å². The van der Waals surface area contributed by atoms with Gasteiger partial charge in [-0.05, 0) is 37.5 Å². The molecule has 6 nitrogen and oxygen atoms in total. The van der Waals surface area contributed by atoms with Gasteiger partial charge in [-0.25, -0.2) is 17.9 Å². The molecule has 0 aliphatic heterocycles. The molecule has 8 heteroatoms. The van der Waals surface area contributed by atoms with Crippen LogP contribution >= 0.6 is 15.9 Å². The van der Waals surface area contributed by atoms with E-state index in [1.807, 2.05) is 0 Å². The number of aromatic carboxylic acids is 1. The first kappa shape index (κ1) is 18.1. The zero-order valence-electron chi connectivity index (χ0n) is 11.8. The summed E-state index contributed by atoms with van der Waals surface area (Å²) >= 11 is 3.18. The van der Waals surface area contributed by atoms with Gasteiger partial charge >= 0.3 is 5.97 Å². The number of rotatable bonds is 7. The smallest absolute Gasteiger partial charge is 0.336 e. The predicted octanol–water partition coefficient (Wildman–Crippen LogP) is 1.90. The van der Waals surface area contributed by atoms with E-state index >= 15 is 0 Å². The maximum absolute atomic E-state index is 12.3. The van der Waals surface area contributed by atoms with E-state index in [1.54, 1.807) is 13.8 Å². The van der Waals surface area contributed by atoms with E-state index in [9.17, 15) is 13.2 Å².